The van der Waals surface area contributed by atoms with Crippen molar-refractivity contribution in [3.63, 3.8) is 0 Å². The molecule has 0 aliphatic heterocycles. The van der Waals surface area contributed by atoms with Crippen LogP contribution in [-0.2, 0) is 0 Å². The summed E-state index contributed by atoms with van der Waals surface area (Å²) in [4.78, 5) is 14.5. The molecule has 90 valence electrons. The maximum atomic E-state index is 10.7. The molecule has 4 nitrogen and oxygen atoms in total. The maximum Gasteiger partial charge on any atom is 0.354 e. The zero-order chi connectivity index (χ0) is 12.7. The Morgan fingerprint density at radius 2 is 2.35 bits per heavy atom. The van der Waals surface area contributed by atoms with Gasteiger partial charge in [0.2, 0.25) is 0 Å². The van der Waals surface area contributed by atoms with Gasteiger partial charge in [-0.25, -0.2) is 9.78 Å². The molecule has 0 amide bonds. The van der Waals surface area contributed by atoms with Crippen LogP contribution < -0.4 is 4.74 Å². The minimum absolute atomic E-state index is 0.0289. The Bertz CT molecular complexity index is 450. The number of hydrogen-bond acceptors (Lipinski definition) is 3. The van der Waals surface area contributed by atoms with Gasteiger partial charge in [-0.15, -0.1) is 0 Å². The number of hydrogen-bond donors (Lipinski definition) is 1. The highest BCUT2D eigenvalue weighted by atomic mass is 16.5. The van der Waals surface area contributed by atoms with Crippen molar-refractivity contribution >= 4 is 5.97 Å². The normalized spacial score (nSPS) is 11.8. The fourth-order valence-corrected chi connectivity index (χ4v) is 1.24. The molecule has 0 aliphatic carbocycles. The first-order valence-electron chi connectivity index (χ1n) is 5.37. The van der Waals surface area contributed by atoms with E-state index in [0.29, 0.717) is 11.5 Å². The number of allylic oxidation sites excluding steroid dienone is 3. The molecule has 0 bridgehead atoms. The van der Waals surface area contributed by atoms with Gasteiger partial charge in [-0.3, -0.25) is 0 Å². The highest BCUT2D eigenvalue weighted by Crippen LogP contribution is 2.15. The molecule has 0 saturated heterocycles. The topological polar surface area (TPSA) is 59.4 Å². The van der Waals surface area contributed by atoms with Gasteiger partial charge in [0.1, 0.15) is 11.5 Å². The van der Waals surface area contributed by atoms with Crippen LogP contribution in [0.15, 0.2) is 42.3 Å². The van der Waals surface area contributed by atoms with E-state index in [1.54, 1.807) is 6.07 Å². The van der Waals surface area contributed by atoms with Crippen molar-refractivity contribution in [2.24, 2.45) is 0 Å². The number of pyridine rings is 1. The zero-order valence-corrected chi connectivity index (χ0v) is 9.88. The lowest BCUT2D eigenvalue weighted by Gasteiger charge is -2.06. The van der Waals surface area contributed by atoms with Gasteiger partial charge in [0, 0.05) is 12.3 Å². The van der Waals surface area contributed by atoms with Crippen LogP contribution in [-0.4, -0.2) is 16.1 Å². The summed E-state index contributed by atoms with van der Waals surface area (Å²) in [5, 5.41) is 8.80. The smallest absolute Gasteiger partial charge is 0.354 e. The van der Waals surface area contributed by atoms with Crippen LogP contribution >= 0.6 is 0 Å². The summed E-state index contributed by atoms with van der Waals surface area (Å²) < 4.78 is 5.56. The lowest BCUT2D eigenvalue weighted by Crippen LogP contribution is -2.01. The van der Waals surface area contributed by atoms with Crippen molar-refractivity contribution in [2.75, 3.05) is 0 Å². The third-order valence-corrected chi connectivity index (χ3v) is 1.92. The van der Waals surface area contributed by atoms with Crippen molar-refractivity contribution in [3.05, 3.63) is 48.0 Å². The lowest BCUT2D eigenvalue weighted by atomic mass is 10.3. The van der Waals surface area contributed by atoms with Gasteiger partial charge >= 0.3 is 5.97 Å². The van der Waals surface area contributed by atoms with E-state index in [9.17, 15) is 4.79 Å². The fraction of sp³-hybridized carbons (Fsp3) is 0.231. The monoisotopic (exact) mass is 233 g/mol. The van der Waals surface area contributed by atoms with E-state index in [0.717, 1.165) is 6.42 Å². The molecule has 0 unspecified atom stereocenters. The number of aromatic carboxylic acids is 1. The molecule has 1 aromatic rings. The van der Waals surface area contributed by atoms with Gasteiger partial charge in [-0.05, 0) is 31.6 Å². The molecule has 4 heteroatoms. The second-order valence-corrected chi connectivity index (χ2v) is 3.30. The maximum absolute atomic E-state index is 10.7. The van der Waals surface area contributed by atoms with Crippen LogP contribution in [0.2, 0.25) is 0 Å². The molecule has 0 saturated carbocycles. The van der Waals surface area contributed by atoms with Gasteiger partial charge in [0.05, 0.1) is 0 Å². The van der Waals surface area contributed by atoms with E-state index in [-0.39, 0.29) is 5.69 Å². The van der Waals surface area contributed by atoms with E-state index in [4.69, 9.17) is 9.84 Å². The van der Waals surface area contributed by atoms with Crippen molar-refractivity contribution < 1.29 is 14.6 Å². The third kappa shape index (κ3) is 4.10. The van der Waals surface area contributed by atoms with Crippen molar-refractivity contribution in [3.8, 4) is 5.75 Å². The van der Waals surface area contributed by atoms with Crippen LogP contribution in [0.1, 0.15) is 30.8 Å². The second-order valence-electron chi connectivity index (χ2n) is 3.30. The van der Waals surface area contributed by atoms with Crippen LogP contribution in [0.4, 0.5) is 0 Å². The van der Waals surface area contributed by atoms with Gasteiger partial charge in [0.25, 0.3) is 0 Å². The van der Waals surface area contributed by atoms with Crippen LogP contribution in [0.25, 0.3) is 0 Å². The van der Waals surface area contributed by atoms with Crippen molar-refractivity contribution in [1.82, 2.24) is 4.98 Å². The van der Waals surface area contributed by atoms with Gasteiger partial charge in [-0.1, -0.05) is 13.0 Å². The molecule has 17 heavy (non-hydrogen) atoms. The predicted molar refractivity (Wildman–Crippen MR) is 65.0 cm³/mol. The van der Waals surface area contributed by atoms with E-state index >= 15 is 0 Å². The Kier molecular flexibility index (Phi) is 4.94. The van der Waals surface area contributed by atoms with Gasteiger partial charge < -0.3 is 9.84 Å². The number of ether oxygens (including phenoxy) is 1. The average molecular weight is 233 g/mol. The molecule has 1 aromatic heterocycles. The summed E-state index contributed by atoms with van der Waals surface area (Å²) in [6, 6.07) is 3.02. The van der Waals surface area contributed by atoms with Crippen LogP contribution in [0, 0.1) is 0 Å². The Labute approximate surface area is 100 Å². The first-order chi connectivity index (χ1) is 8.17. The number of aromatic nitrogens is 1. The summed E-state index contributed by atoms with van der Waals surface area (Å²) in [6.45, 7) is 3.89. The third-order valence-electron chi connectivity index (χ3n) is 1.92. The number of carbonyl (C=O) groups is 1. The van der Waals surface area contributed by atoms with Gasteiger partial charge in [0.15, 0.2) is 5.69 Å². The van der Waals surface area contributed by atoms with Crippen LogP contribution in [0.5, 0.6) is 5.75 Å². The number of rotatable bonds is 5. The Hall–Kier alpha value is -2.10. The first-order valence-corrected chi connectivity index (χ1v) is 5.37. The standard InChI is InChI=1S/C13H15NO3/c1-3-5-10(6-4-2)17-11-7-8-14-12(9-11)13(15)16/h3,5-9H,4H2,1-2H3,(H,15,16)/b5-3-,10-6+. The van der Waals surface area contributed by atoms with Crippen LogP contribution in [0.3, 0.4) is 0 Å². The number of carboxylic acid groups (broad SMARTS) is 1. The Morgan fingerprint density at radius 3 is 2.94 bits per heavy atom. The zero-order valence-electron chi connectivity index (χ0n) is 9.88. The Balaban J connectivity index is 2.90. The number of carboxylic acids is 1. The fourth-order valence-electron chi connectivity index (χ4n) is 1.24. The molecule has 1 N–H and O–H groups in total. The highest BCUT2D eigenvalue weighted by Gasteiger charge is 2.06. The quantitative estimate of drug-likeness (QED) is 0.627. The molecule has 1 rings (SSSR count). The molecular weight excluding hydrogens is 218 g/mol. The highest BCUT2D eigenvalue weighted by molar-refractivity contribution is 5.85. The average Bonchev–Trinajstić information content (AvgIpc) is 2.30. The summed E-state index contributed by atoms with van der Waals surface area (Å²) in [6.07, 6.45) is 7.86. The minimum atomic E-state index is -1.07. The van der Waals surface area contributed by atoms with Gasteiger partial charge in [-0.2, -0.15) is 0 Å². The molecule has 0 radical (unpaired) electrons. The molecule has 0 atom stereocenters. The van der Waals surface area contributed by atoms with E-state index in [1.165, 1.54) is 12.3 Å². The minimum Gasteiger partial charge on any atom is -0.477 e. The summed E-state index contributed by atoms with van der Waals surface area (Å²) in [5.41, 5.74) is -0.0289. The predicted octanol–water partition coefficient (Wildman–Crippen LogP) is 3.03. The summed E-state index contributed by atoms with van der Waals surface area (Å²) in [7, 11) is 0. The Morgan fingerprint density at radius 1 is 1.59 bits per heavy atom. The molecule has 0 fully saturated rings. The summed E-state index contributed by atoms with van der Waals surface area (Å²) in [5.74, 6) is 0.0928. The van der Waals surface area contributed by atoms with Crippen molar-refractivity contribution in [2.45, 2.75) is 20.3 Å². The molecular formula is C13H15NO3. The van der Waals surface area contributed by atoms with E-state index < -0.39 is 5.97 Å². The molecule has 0 aromatic carbocycles. The molecule has 0 spiro atoms. The van der Waals surface area contributed by atoms with E-state index in [2.05, 4.69) is 4.98 Å². The number of nitrogens with zero attached hydrogens (tertiary/aromatic N) is 1. The molecule has 1 heterocycles. The SMILES string of the molecule is C/C=C\C(=C/CC)Oc1ccnc(C(=O)O)c1. The largest absolute Gasteiger partial charge is 0.477 e. The van der Waals surface area contributed by atoms with E-state index in [1.807, 2.05) is 32.1 Å². The first kappa shape index (κ1) is 13.0. The molecule has 0 aliphatic rings. The van der Waals surface area contributed by atoms with Crippen molar-refractivity contribution in [1.29, 1.82) is 0 Å². The second kappa shape index (κ2) is 6.48. The summed E-state index contributed by atoms with van der Waals surface area (Å²) >= 11 is 0. The lowest BCUT2D eigenvalue weighted by molar-refractivity contribution is 0.0690.